The first-order chi connectivity index (χ1) is 7.11. The Labute approximate surface area is 93.3 Å². The van der Waals surface area contributed by atoms with E-state index in [1.54, 1.807) is 19.1 Å². The summed E-state index contributed by atoms with van der Waals surface area (Å²) in [6.07, 6.45) is 1.62. The average Bonchev–Trinajstić information content (AvgIpc) is 2.17. The Morgan fingerprint density at radius 3 is 3.07 bits per heavy atom. The summed E-state index contributed by atoms with van der Waals surface area (Å²) < 4.78 is 0. The van der Waals surface area contributed by atoms with Gasteiger partial charge in [0.05, 0.1) is 11.7 Å². The van der Waals surface area contributed by atoms with Crippen molar-refractivity contribution in [3.05, 3.63) is 29.0 Å². The maximum atomic E-state index is 11.5. The zero-order valence-electron chi connectivity index (χ0n) is 8.40. The highest BCUT2D eigenvalue weighted by molar-refractivity contribution is 6.32. The number of carbonyl (C=O) groups is 1. The number of halogens is 1. The third kappa shape index (κ3) is 3.85. The fourth-order valence-electron chi connectivity index (χ4n) is 1.05. The normalized spacial score (nSPS) is 12.2. The van der Waals surface area contributed by atoms with Crippen LogP contribution in [0.5, 0.6) is 0 Å². The number of nitrogens with zero attached hydrogens (tertiary/aromatic N) is 1. The summed E-state index contributed by atoms with van der Waals surface area (Å²) in [6, 6.07) is 3.25. The molecule has 4 nitrogen and oxygen atoms in total. The highest BCUT2D eigenvalue weighted by atomic mass is 35.5. The first-order valence-electron chi connectivity index (χ1n) is 4.68. The van der Waals surface area contributed by atoms with Crippen molar-refractivity contribution >= 4 is 17.5 Å². The number of pyridine rings is 1. The molecule has 1 heterocycles. The number of rotatable bonds is 4. The molecule has 82 valence electrons. The molecule has 1 aromatic heterocycles. The second kappa shape index (κ2) is 5.68. The average molecular weight is 229 g/mol. The molecule has 0 aromatic carbocycles. The van der Waals surface area contributed by atoms with Gasteiger partial charge >= 0.3 is 0 Å². The Bertz CT molecular complexity index is 342. The molecule has 0 radical (unpaired) electrons. The van der Waals surface area contributed by atoms with E-state index in [1.165, 1.54) is 6.20 Å². The van der Waals surface area contributed by atoms with Crippen LogP contribution in [0.2, 0.25) is 5.15 Å². The third-order valence-electron chi connectivity index (χ3n) is 1.85. The summed E-state index contributed by atoms with van der Waals surface area (Å²) in [5, 5.41) is 11.8. The molecule has 1 aromatic rings. The minimum absolute atomic E-state index is 0.187. The van der Waals surface area contributed by atoms with Crippen molar-refractivity contribution < 1.29 is 9.90 Å². The Morgan fingerprint density at radius 1 is 1.73 bits per heavy atom. The van der Waals surface area contributed by atoms with Crippen LogP contribution in [-0.4, -0.2) is 28.6 Å². The lowest BCUT2D eigenvalue weighted by atomic mass is 10.2. The highest BCUT2D eigenvalue weighted by Gasteiger charge is 2.09. The zero-order valence-corrected chi connectivity index (χ0v) is 9.16. The minimum Gasteiger partial charge on any atom is -0.393 e. The quantitative estimate of drug-likeness (QED) is 0.763. The molecule has 1 unspecified atom stereocenters. The molecule has 5 heteroatoms. The van der Waals surface area contributed by atoms with Gasteiger partial charge in [0, 0.05) is 12.7 Å². The highest BCUT2D eigenvalue weighted by Crippen LogP contribution is 2.10. The summed E-state index contributed by atoms with van der Waals surface area (Å²) in [4.78, 5) is 15.3. The lowest BCUT2D eigenvalue weighted by Gasteiger charge is -2.07. The summed E-state index contributed by atoms with van der Waals surface area (Å²) in [5.74, 6) is -0.270. The van der Waals surface area contributed by atoms with E-state index in [0.29, 0.717) is 18.5 Å². The van der Waals surface area contributed by atoms with Crippen LogP contribution in [0.3, 0.4) is 0 Å². The lowest BCUT2D eigenvalue weighted by molar-refractivity contribution is 0.0945. The molecule has 0 saturated heterocycles. The Morgan fingerprint density at radius 2 is 2.47 bits per heavy atom. The van der Waals surface area contributed by atoms with Crippen molar-refractivity contribution in [3.8, 4) is 0 Å². The SMILES string of the molecule is CC(O)CCNC(=O)c1cccnc1Cl. The predicted octanol–water partition coefficient (Wildman–Crippen LogP) is 1.24. The van der Waals surface area contributed by atoms with Gasteiger partial charge in [-0.05, 0) is 25.5 Å². The Balaban J connectivity index is 2.51. The minimum atomic E-state index is -0.422. The van der Waals surface area contributed by atoms with Crippen molar-refractivity contribution in [2.45, 2.75) is 19.4 Å². The largest absolute Gasteiger partial charge is 0.393 e. The zero-order chi connectivity index (χ0) is 11.3. The van der Waals surface area contributed by atoms with E-state index in [2.05, 4.69) is 10.3 Å². The van der Waals surface area contributed by atoms with E-state index in [1.807, 2.05) is 0 Å². The molecule has 0 spiro atoms. The molecular formula is C10H13ClN2O2. The van der Waals surface area contributed by atoms with Gasteiger partial charge in [-0.15, -0.1) is 0 Å². The summed E-state index contributed by atoms with van der Waals surface area (Å²) >= 11 is 5.74. The Kier molecular flexibility index (Phi) is 4.52. The van der Waals surface area contributed by atoms with E-state index in [4.69, 9.17) is 16.7 Å². The number of hydrogen-bond acceptors (Lipinski definition) is 3. The third-order valence-corrected chi connectivity index (χ3v) is 2.15. The number of nitrogens with one attached hydrogen (secondary N) is 1. The van der Waals surface area contributed by atoms with Crippen LogP contribution in [0.4, 0.5) is 0 Å². The number of hydrogen-bond donors (Lipinski definition) is 2. The number of carbonyl (C=O) groups excluding carboxylic acids is 1. The van der Waals surface area contributed by atoms with Gasteiger partial charge in [0.2, 0.25) is 0 Å². The maximum Gasteiger partial charge on any atom is 0.254 e. The fraction of sp³-hybridized carbons (Fsp3) is 0.400. The van der Waals surface area contributed by atoms with Gasteiger partial charge in [0.1, 0.15) is 5.15 Å². The molecule has 1 amide bonds. The van der Waals surface area contributed by atoms with E-state index in [-0.39, 0.29) is 11.1 Å². The predicted molar refractivity (Wildman–Crippen MR) is 57.9 cm³/mol. The lowest BCUT2D eigenvalue weighted by Crippen LogP contribution is -2.26. The van der Waals surface area contributed by atoms with E-state index in [0.717, 1.165) is 0 Å². The molecule has 1 rings (SSSR count). The van der Waals surface area contributed by atoms with E-state index < -0.39 is 6.10 Å². The van der Waals surface area contributed by atoms with Crippen LogP contribution in [0.1, 0.15) is 23.7 Å². The van der Waals surface area contributed by atoms with E-state index >= 15 is 0 Å². The maximum absolute atomic E-state index is 11.5. The van der Waals surface area contributed by atoms with Gasteiger partial charge in [-0.25, -0.2) is 4.98 Å². The number of aliphatic hydroxyl groups excluding tert-OH is 1. The second-order valence-corrected chi connectivity index (χ2v) is 3.59. The van der Waals surface area contributed by atoms with Crippen LogP contribution < -0.4 is 5.32 Å². The molecule has 0 aliphatic heterocycles. The standard InChI is InChI=1S/C10H13ClN2O2/c1-7(14)4-6-13-10(15)8-3-2-5-12-9(8)11/h2-3,5,7,14H,4,6H2,1H3,(H,13,15). The number of amides is 1. The van der Waals surface area contributed by atoms with E-state index in [9.17, 15) is 4.79 Å². The van der Waals surface area contributed by atoms with Gasteiger partial charge in [0.25, 0.3) is 5.91 Å². The van der Waals surface area contributed by atoms with Crippen molar-refractivity contribution in [3.63, 3.8) is 0 Å². The molecule has 2 N–H and O–H groups in total. The first kappa shape index (κ1) is 11.9. The van der Waals surface area contributed by atoms with Gasteiger partial charge in [0.15, 0.2) is 0 Å². The van der Waals surface area contributed by atoms with Crippen LogP contribution in [0, 0.1) is 0 Å². The smallest absolute Gasteiger partial charge is 0.254 e. The van der Waals surface area contributed by atoms with Crippen LogP contribution >= 0.6 is 11.6 Å². The molecule has 0 bridgehead atoms. The summed E-state index contributed by atoms with van der Waals surface area (Å²) in [6.45, 7) is 2.09. The van der Waals surface area contributed by atoms with Crippen LogP contribution in [0.25, 0.3) is 0 Å². The first-order valence-corrected chi connectivity index (χ1v) is 5.06. The van der Waals surface area contributed by atoms with Gasteiger partial charge in [-0.2, -0.15) is 0 Å². The van der Waals surface area contributed by atoms with Gasteiger partial charge < -0.3 is 10.4 Å². The van der Waals surface area contributed by atoms with Crippen LogP contribution in [-0.2, 0) is 0 Å². The summed E-state index contributed by atoms with van der Waals surface area (Å²) in [5.41, 5.74) is 0.352. The topological polar surface area (TPSA) is 62.2 Å². The molecule has 0 fully saturated rings. The van der Waals surface area contributed by atoms with Crippen molar-refractivity contribution in [1.82, 2.24) is 10.3 Å². The monoisotopic (exact) mass is 228 g/mol. The number of aromatic nitrogens is 1. The Hall–Kier alpha value is -1.13. The van der Waals surface area contributed by atoms with Crippen molar-refractivity contribution in [2.75, 3.05) is 6.54 Å². The molecule has 15 heavy (non-hydrogen) atoms. The van der Waals surface area contributed by atoms with Crippen LogP contribution in [0.15, 0.2) is 18.3 Å². The fourth-order valence-corrected chi connectivity index (χ4v) is 1.25. The second-order valence-electron chi connectivity index (χ2n) is 3.24. The van der Waals surface area contributed by atoms with Crippen molar-refractivity contribution in [2.24, 2.45) is 0 Å². The van der Waals surface area contributed by atoms with Gasteiger partial charge in [-0.3, -0.25) is 4.79 Å². The molecular weight excluding hydrogens is 216 g/mol. The molecule has 1 atom stereocenters. The molecule has 0 saturated carbocycles. The van der Waals surface area contributed by atoms with Crippen molar-refractivity contribution in [1.29, 1.82) is 0 Å². The molecule has 0 aliphatic carbocycles. The van der Waals surface area contributed by atoms with Gasteiger partial charge in [-0.1, -0.05) is 11.6 Å². The molecule has 0 aliphatic rings. The summed E-state index contributed by atoms with van der Waals surface area (Å²) in [7, 11) is 0. The number of aliphatic hydroxyl groups is 1.